The van der Waals surface area contributed by atoms with Gasteiger partial charge in [-0.25, -0.2) is 0 Å². The van der Waals surface area contributed by atoms with Gasteiger partial charge in [-0.3, -0.25) is 14.4 Å². The molecule has 2 fully saturated rings. The molecule has 0 amide bonds. The molecule has 4 aliphatic rings. The number of rotatable bonds is 3. The third-order valence-electron chi connectivity index (χ3n) is 9.43. The maximum Gasteiger partial charge on any atom is 0.224 e. The smallest absolute Gasteiger partial charge is 0.224 e. The van der Waals surface area contributed by atoms with Gasteiger partial charge < -0.3 is 9.84 Å². The Morgan fingerprint density at radius 1 is 1.22 bits per heavy atom. The first-order valence-corrected chi connectivity index (χ1v) is 12.0. The molecule has 4 rings (SSSR count). The van der Waals surface area contributed by atoms with Crippen LogP contribution in [0.2, 0.25) is 0 Å². The Bertz CT molecular complexity index is 967. The molecule has 6 atom stereocenters. The van der Waals surface area contributed by atoms with E-state index in [2.05, 4.69) is 27.7 Å². The van der Waals surface area contributed by atoms with Gasteiger partial charge in [0.05, 0.1) is 6.10 Å². The number of Topliss-reactive ketones (excluding diaryl/α,β-unsaturated/α-hetero) is 1. The fourth-order valence-electron chi connectivity index (χ4n) is 7.02. The molecule has 0 aromatic rings. The summed E-state index contributed by atoms with van der Waals surface area (Å²) in [6.45, 7) is 12.0. The Morgan fingerprint density at radius 3 is 2.56 bits per heavy atom. The molecule has 5 nitrogen and oxygen atoms in total. The van der Waals surface area contributed by atoms with Crippen LogP contribution in [0.1, 0.15) is 73.6 Å². The Labute approximate surface area is 191 Å². The number of aliphatic hydroxyl groups is 1. The monoisotopic (exact) mass is 440 g/mol. The minimum atomic E-state index is -0.697. The van der Waals surface area contributed by atoms with Crippen LogP contribution in [-0.2, 0) is 19.1 Å². The second-order valence-electron chi connectivity index (χ2n) is 11.2. The molecule has 0 bridgehead atoms. The average Bonchev–Trinajstić information content (AvgIpc) is 2.73. The van der Waals surface area contributed by atoms with E-state index in [0.29, 0.717) is 30.8 Å². The van der Waals surface area contributed by atoms with E-state index in [-0.39, 0.29) is 45.4 Å². The van der Waals surface area contributed by atoms with Crippen LogP contribution in [0.25, 0.3) is 0 Å². The second-order valence-corrected chi connectivity index (χ2v) is 11.2. The van der Waals surface area contributed by atoms with E-state index in [1.165, 1.54) is 12.2 Å². The van der Waals surface area contributed by atoms with Gasteiger partial charge in [0.25, 0.3) is 0 Å². The minimum Gasteiger partial charge on any atom is -0.482 e. The standard InChI is InChI=1S/C27H36O5/c1-7-8-19(28)16(3)17-13-20(29)18-14-26(6)15(2)9-10-21-25(4,5)22(30)11-12-27(21,26)32-24(18)23(17)31/h7-8,13,15-16,21-22,30H,9-12,14H2,1-6H3/b8-7+. The quantitative estimate of drug-likeness (QED) is 0.516. The Hall–Kier alpha value is -2.01. The average molecular weight is 441 g/mol. The maximum absolute atomic E-state index is 13.6. The van der Waals surface area contributed by atoms with Crippen LogP contribution in [0.3, 0.4) is 0 Å². The van der Waals surface area contributed by atoms with E-state index in [0.717, 1.165) is 12.8 Å². The lowest BCUT2D eigenvalue weighted by molar-refractivity contribution is -0.255. The Kier molecular flexibility index (Phi) is 5.44. The van der Waals surface area contributed by atoms with Crippen LogP contribution in [0, 0.1) is 28.6 Å². The van der Waals surface area contributed by atoms with E-state index >= 15 is 0 Å². The Balaban J connectivity index is 1.80. The summed E-state index contributed by atoms with van der Waals surface area (Å²) in [6, 6.07) is 0. The molecule has 174 valence electrons. The zero-order valence-electron chi connectivity index (χ0n) is 20.2. The lowest BCUT2D eigenvalue weighted by Crippen LogP contribution is -2.68. The van der Waals surface area contributed by atoms with E-state index in [1.807, 2.05) is 0 Å². The van der Waals surface area contributed by atoms with Gasteiger partial charge in [0.15, 0.2) is 17.3 Å². The molecule has 32 heavy (non-hydrogen) atoms. The van der Waals surface area contributed by atoms with Crippen molar-refractivity contribution in [1.82, 2.24) is 0 Å². The summed E-state index contributed by atoms with van der Waals surface area (Å²) in [5.74, 6) is -0.893. The number of allylic oxidation sites excluding steroid dienone is 5. The molecule has 6 unspecified atom stereocenters. The predicted molar refractivity (Wildman–Crippen MR) is 122 cm³/mol. The van der Waals surface area contributed by atoms with Gasteiger partial charge in [-0.2, -0.15) is 0 Å². The van der Waals surface area contributed by atoms with Gasteiger partial charge in [-0.05, 0) is 62.5 Å². The minimum absolute atomic E-state index is 0.0772. The van der Waals surface area contributed by atoms with Crippen molar-refractivity contribution in [2.24, 2.45) is 28.6 Å². The van der Waals surface area contributed by atoms with E-state index < -0.39 is 17.6 Å². The first-order valence-electron chi connectivity index (χ1n) is 12.0. The van der Waals surface area contributed by atoms with Crippen molar-refractivity contribution in [2.75, 3.05) is 0 Å². The van der Waals surface area contributed by atoms with Crippen molar-refractivity contribution >= 4 is 17.3 Å². The molecule has 0 aromatic heterocycles. The highest BCUT2D eigenvalue weighted by atomic mass is 16.5. The number of hydrogen-bond donors (Lipinski definition) is 1. The zero-order chi connectivity index (χ0) is 23.6. The van der Waals surface area contributed by atoms with Gasteiger partial charge in [-0.15, -0.1) is 0 Å². The highest BCUT2D eigenvalue weighted by Crippen LogP contribution is 2.67. The van der Waals surface area contributed by atoms with Crippen LogP contribution in [-0.4, -0.2) is 34.2 Å². The molecule has 5 heteroatoms. The van der Waals surface area contributed by atoms with Crippen molar-refractivity contribution < 1.29 is 24.2 Å². The van der Waals surface area contributed by atoms with Crippen LogP contribution < -0.4 is 0 Å². The maximum atomic E-state index is 13.6. The van der Waals surface area contributed by atoms with Crippen molar-refractivity contribution in [2.45, 2.75) is 85.4 Å². The molecule has 1 N–H and O–H groups in total. The summed E-state index contributed by atoms with van der Waals surface area (Å²) in [7, 11) is 0. The molecule has 0 aromatic carbocycles. The van der Waals surface area contributed by atoms with Crippen molar-refractivity contribution in [3.63, 3.8) is 0 Å². The van der Waals surface area contributed by atoms with Gasteiger partial charge in [-0.1, -0.05) is 40.7 Å². The van der Waals surface area contributed by atoms with Crippen molar-refractivity contribution in [1.29, 1.82) is 0 Å². The topological polar surface area (TPSA) is 80.7 Å². The summed E-state index contributed by atoms with van der Waals surface area (Å²) >= 11 is 0. The fraction of sp³-hybridized carbons (Fsp3) is 0.667. The van der Waals surface area contributed by atoms with Crippen LogP contribution >= 0.6 is 0 Å². The third-order valence-corrected chi connectivity index (χ3v) is 9.43. The van der Waals surface area contributed by atoms with Crippen LogP contribution in [0.15, 0.2) is 35.1 Å². The van der Waals surface area contributed by atoms with Crippen molar-refractivity contribution in [3.05, 3.63) is 35.1 Å². The number of aliphatic hydroxyl groups excluding tert-OH is 1. The van der Waals surface area contributed by atoms with E-state index in [1.54, 1.807) is 19.9 Å². The number of ketones is 3. The molecule has 0 saturated heterocycles. The van der Waals surface area contributed by atoms with Crippen molar-refractivity contribution in [3.8, 4) is 0 Å². The summed E-state index contributed by atoms with van der Waals surface area (Å²) in [5.41, 5.74) is -0.602. The number of hydrogen-bond acceptors (Lipinski definition) is 5. The lowest BCUT2D eigenvalue weighted by atomic mass is 9.43. The lowest BCUT2D eigenvalue weighted by Gasteiger charge is -2.67. The van der Waals surface area contributed by atoms with Gasteiger partial charge >= 0.3 is 0 Å². The number of carbonyl (C=O) groups is 3. The first-order chi connectivity index (χ1) is 14.9. The van der Waals surface area contributed by atoms with Gasteiger partial charge in [0.1, 0.15) is 5.60 Å². The fourth-order valence-corrected chi connectivity index (χ4v) is 7.02. The molecular formula is C27H36O5. The summed E-state index contributed by atoms with van der Waals surface area (Å²) in [5, 5.41) is 10.8. The highest BCUT2D eigenvalue weighted by molar-refractivity contribution is 6.24. The molecule has 1 aliphatic heterocycles. The zero-order valence-corrected chi connectivity index (χ0v) is 20.2. The second kappa shape index (κ2) is 7.51. The van der Waals surface area contributed by atoms with E-state index in [9.17, 15) is 19.5 Å². The molecule has 2 saturated carbocycles. The largest absolute Gasteiger partial charge is 0.482 e. The van der Waals surface area contributed by atoms with Gasteiger partial charge in [0.2, 0.25) is 5.78 Å². The Morgan fingerprint density at radius 2 is 1.91 bits per heavy atom. The van der Waals surface area contributed by atoms with Gasteiger partial charge in [0, 0.05) is 28.4 Å². The SMILES string of the molecule is C/C=C/C(=O)C(C)C1=CC(=O)C2=C(OC34CCC(O)C(C)(C)C3CCC(C)C4(C)C2)C1=O. The third kappa shape index (κ3) is 2.96. The summed E-state index contributed by atoms with van der Waals surface area (Å²) < 4.78 is 6.77. The van der Waals surface area contributed by atoms with E-state index in [4.69, 9.17) is 4.74 Å². The van der Waals surface area contributed by atoms with Crippen LogP contribution in [0.4, 0.5) is 0 Å². The van der Waals surface area contributed by atoms with Crippen LogP contribution in [0.5, 0.6) is 0 Å². The number of ether oxygens (including phenoxy) is 1. The molecular weight excluding hydrogens is 404 g/mol. The normalized spacial score (nSPS) is 39.6. The molecule has 0 radical (unpaired) electrons. The molecule has 3 aliphatic carbocycles. The predicted octanol–water partition coefficient (Wildman–Crippen LogP) is 4.49. The molecule has 1 spiro atoms. The number of carbonyl (C=O) groups excluding carboxylic acids is 3. The summed E-state index contributed by atoms with van der Waals surface area (Å²) in [4.78, 5) is 39.2. The first kappa shape index (κ1) is 23.2. The summed E-state index contributed by atoms with van der Waals surface area (Å²) in [6.07, 6.45) is 7.71. The highest BCUT2D eigenvalue weighted by Gasteiger charge is 2.68. The molecule has 1 heterocycles.